The summed E-state index contributed by atoms with van der Waals surface area (Å²) < 4.78 is 1.95. The lowest BCUT2D eigenvalue weighted by Crippen LogP contribution is -2.15. The summed E-state index contributed by atoms with van der Waals surface area (Å²) in [6.07, 6.45) is 0. The first-order valence-electron chi connectivity index (χ1n) is 10.7. The van der Waals surface area contributed by atoms with Crippen LogP contribution in [-0.2, 0) is 16.1 Å². The number of para-hydroxylation sites is 2. The van der Waals surface area contributed by atoms with Crippen LogP contribution in [0.3, 0.4) is 0 Å². The van der Waals surface area contributed by atoms with E-state index in [9.17, 15) is 9.59 Å². The zero-order valence-corrected chi connectivity index (χ0v) is 19.4. The van der Waals surface area contributed by atoms with E-state index in [0.717, 1.165) is 17.2 Å². The molecule has 2 amide bonds. The number of aromatic nitrogens is 3. The Bertz CT molecular complexity index is 1260. The van der Waals surface area contributed by atoms with E-state index < -0.39 is 0 Å². The lowest BCUT2D eigenvalue weighted by atomic mass is 10.2. The summed E-state index contributed by atoms with van der Waals surface area (Å²) in [5.74, 6) is 0.538. The number of benzene rings is 3. The Morgan fingerprint density at radius 2 is 1.47 bits per heavy atom. The lowest BCUT2D eigenvalue weighted by molar-refractivity contribution is -0.114. The van der Waals surface area contributed by atoms with Crippen molar-refractivity contribution in [2.45, 2.75) is 18.6 Å². The number of hydrogen-bond acceptors (Lipinski definition) is 6. The number of thioether (sulfide) groups is 1. The number of anilines is 3. The van der Waals surface area contributed by atoms with Gasteiger partial charge in [-0.3, -0.25) is 14.2 Å². The Morgan fingerprint density at radius 3 is 2.18 bits per heavy atom. The van der Waals surface area contributed by atoms with Crippen LogP contribution >= 0.6 is 11.8 Å². The molecule has 0 aliphatic heterocycles. The third-order valence-corrected chi connectivity index (χ3v) is 5.67. The summed E-state index contributed by atoms with van der Waals surface area (Å²) in [7, 11) is 0. The van der Waals surface area contributed by atoms with Crippen LogP contribution in [0.25, 0.3) is 5.69 Å². The van der Waals surface area contributed by atoms with Gasteiger partial charge in [0.2, 0.25) is 11.8 Å². The number of carbonyl (C=O) groups is 2. The minimum Gasteiger partial charge on any atom is -0.378 e. The second-order valence-electron chi connectivity index (χ2n) is 7.39. The first kappa shape index (κ1) is 23.1. The molecule has 3 N–H and O–H groups in total. The molecule has 0 spiro atoms. The molecule has 1 aromatic heterocycles. The number of carbonyl (C=O) groups excluding carboxylic acids is 2. The van der Waals surface area contributed by atoms with Crippen molar-refractivity contribution < 1.29 is 9.59 Å². The highest BCUT2D eigenvalue weighted by molar-refractivity contribution is 7.99. The smallest absolute Gasteiger partial charge is 0.234 e. The van der Waals surface area contributed by atoms with Crippen molar-refractivity contribution in [2.24, 2.45) is 0 Å². The van der Waals surface area contributed by atoms with Crippen LogP contribution in [0.1, 0.15) is 12.7 Å². The summed E-state index contributed by atoms with van der Waals surface area (Å²) >= 11 is 1.31. The van der Waals surface area contributed by atoms with Gasteiger partial charge in [0.1, 0.15) is 0 Å². The van der Waals surface area contributed by atoms with Gasteiger partial charge in [0.05, 0.1) is 12.3 Å². The molecule has 34 heavy (non-hydrogen) atoms. The summed E-state index contributed by atoms with van der Waals surface area (Å²) in [6, 6.07) is 26.7. The molecule has 0 unspecified atom stereocenters. The summed E-state index contributed by atoms with van der Waals surface area (Å²) in [5, 5.41) is 18.3. The van der Waals surface area contributed by atoms with Crippen molar-refractivity contribution in [2.75, 3.05) is 21.7 Å². The molecule has 0 radical (unpaired) electrons. The van der Waals surface area contributed by atoms with E-state index in [1.165, 1.54) is 18.7 Å². The van der Waals surface area contributed by atoms with Gasteiger partial charge in [-0.15, -0.1) is 10.2 Å². The fraction of sp³-hybridized carbons (Fsp3) is 0.120. The molecule has 4 rings (SSSR count). The zero-order chi connectivity index (χ0) is 23.8. The zero-order valence-electron chi connectivity index (χ0n) is 18.6. The molecule has 0 saturated heterocycles. The summed E-state index contributed by atoms with van der Waals surface area (Å²) in [6.45, 7) is 1.92. The van der Waals surface area contributed by atoms with E-state index in [4.69, 9.17) is 0 Å². The SMILES string of the molecule is CC(=O)Nc1cccc(NC(=O)CSc2nnc(CNc3ccccc3)n2-c2ccccc2)c1. The molecule has 0 fully saturated rings. The van der Waals surface area contributed by atoms with Crippen LogP contribution in [0.5, 0.6) is 0 Å². The van der Waals surface area contributed by atoms with Gasteiger partial charge in [-0.05, 0) is 42.5 Å². The molecular formula is C25H24N6O2S. The van der Waals surface area contributed by atoms with Crippen LogP contribution in [0, 0.1) is 0 Å². The Morgan fingerprint density at radius 1 is 0.824 bits per heavy atom. The molecule has 3 aromatic carbocycles. The van der Waals surface area contributed by atoms with Gasteiger partial charge in [0.25, 0.3) is 0 Å². The van der Waals surface area contributed by atoms with Gasteiger partial charge >= 0.3 is 0 Å². The average molecular weight is 473 g/mol. The average Bonchev–Trinajstić information content (AvgIpc) is 3.25. The van der Waals surface area contributed by atoms with E-state index in [1.54, 1.807) is 24.3 Å². The van der Waals surface area contributed by atoms with Crippen LogP contribution in [0.4, 0.5) is 17.1 Å². The van der Waals surface area contributed by atoms with Crippen molar-refractivity contribution in [1.82, 2.24) is 14.8 Å². The summed E-state index contributed by atoms with van der Waals surface area (Å²) in [4.78, 5) is 23.9. The van der Waals surface area contributed by atoms with E-state index >= 15 is 0 Å². The molecule has 4 aromatic rings. The molecule has 172 valence electrons. The minimum absolute atomic E-state index is 0.154. The van der Waals surface area contributed by atoms with Gasteiger partial charge < -0.3 is 16.0 Å². The molecular weight excluding hydrogens is 448 g/mol. The number of amides is 2. The Hall–Kier alpha value is -4.11. The number of rotatable bonds is 9. The maximum absolute atomic E-state index is 12.6. The van der Waals surface area contributed by atoms with Gasteiger partial charge in [-0.25, -0.2) is 0 Å². The van der Waals surface area contributed by atoms with Crippen molar-refractivity contribution >= 4 is 40.6 Å². The van der Waals surface area contributed by atoms with E-state index in [0.29, 0.717) is 23.1 Å². The van der Waals surface area contributed by atoms with Crippen LogP contribution in [-0.4, -0.2) is 32.3 Å². The molecule has 8 nitrogen and oxygen atoms in total. The van der Waals surface area contributed by atoms with Crippen molar-refractivity contribution in [3.05, 3.63) is 90.8 Å². The third-order valence-electron chi connectivity index (χ3n) is 4.74. The maximum Gasteiger partial charge on any atom is 0.234 e. The van der Waals surface area contributed by atoms with Crippen molar-refractivity contribution in [3.63, 3.8) is 0 Å². The van der Waals surface area contributed by atoms with Crippen molar-refractivity contribution in [3.8, 4) is 5.69 Å². The standard InChI is InChI=1S/C25H24N6O2S/c1-18(32)27-20-11-8-12-21(15-20)28-24(33)17-34-25-30-29-23(16-26-19-9-4-2-5-10-19)31(25)22-13-6-3-7-14-22/h2-15,26H,16-17H2,1H3,(H,27,32)(H,28,33). The predicted molar refractivity (Wildman–Crippen MR) is 135 cm³/mol. The molecule has 0 aliphatic rings. The second kappa shape index (κ2) is 11.2. The van der Waals surface area contributed by atoms with Crippen LogP contribution < -0.4 is 16.0 Å². The van der Waals surface area contributed by atoms with E-state index in [2.05, 4.69) is 26.1 Å². The summed E-state index contributed by atoms with van der Waals surface area (Å²) in [5.41, 5.74) is 3.13. The topological polar surface area (TPSA) is 101 Å². The highest BCUT2D eigenvalue weighted by atomic mass is 32.2. The molecule has 1 heterocycles. The van der Waals surface area contributed by atoms with Gasteiger partial charge in [0, 0.05) is 29.7 Å². The largest absolute Gasteiger partial charge is 0.378 e. The minimum atomic E-state index is -0.184. The van der Waals surface area contributed by atoms with Gasteiger partial charge in [0.15, 0.2) is 11.0 Å². The predicted octanol–water partition coefficient (Wildman–Crippen LogP) is 4.57. The van der Waals surface area contributed by atoms with Crippen molar-refractivity contribution in [1.29, 1.82) is 0 Å². The first-order valence-corrected chi connectivity index (χ1v) is 11.7. The normalized spacial score (nSPS) is 10.5. The van der Waals surface area contributed by atoms with Gasteiger partial charge in [-0.2, -0.15) is 0 Å². The molecule has 9 heteroatoms. The maximum atomic E-state index is 12.6. The van der Waals surface area contributed by atoms with Gasteiger partial charge in [-0.1, -0.05) is 54.2 Å². The van der Waals surface area contributed by atoms with E-state index in [-0.39, 0.29) is 17.6 Å². The highest BCUT2D eigenvalue weighted by Crippen LogP contribution is 2.23. The molecule has 0 saturated carbocycles. The van der Waals surface area contributed by atoms with E-state index in [1.807, 2.05) is 65.2 Å². The fourth-order valence-corrected chi connectivity index (χ4v) is 4.06. The Kier molecular flexibility index (Phi) is 7.56. The molecule has 0 bridgehead atoms. The number of hydrogen-bond donors (Lipinski definition) is 3. The Balaban J connectivity index is 1.45. The number of nitrogens with zero attached hydrogens (tertiary/aromatic N) is 3. The highest BCUT2D eigenvalue weighted by Gasteiger charge is 2.16. The first-order chi connectivity index (χ1) is 16.6. The quantitative estimate of drug-likeness (QED) is 0.309. The molecule has 0 atom stereocenters. The monoisotopic (exact) mass is 472 g/mol. The molecule has 0 aliphatic carbocycles. The second-order valence-corrected chi connectivity index (χ2v) is 8.33. The lowest BCUT2D eigenvalue weighted by Gasteiger charge is -2.11. The van der Waals surface area contributed by atoms with Crippen LogP contribution in [0.2, 0.25) is 0 Å². The van der Waals surface area contributed by atoms with Crippen LogP contribution in [0.15, 0.2) is 90.1 Å². The third kappa shape index (κ3) is 6.23. The Labute approximate surface area is 201 Å². The number of nitrogens with one attached hydrogen (secondary N) is 3. The fourth-order valence-electron chi connectivity index (χ4n) is 3.29.